The van der Waals surface area contributed by atoms with Crippen molar-refractivity contribution < 1.29 is 12.8 Å². The molecule has 11 heavy (non-hydrogen) atoms. The minimum atomic E-state index is -3.12. The van der Waals surface area contributed by atoms with Crippen LogP contribution in [-0.4, -0.2) is 24.9 Å². The Balaban J connectivity index is 2.97. The van der Waals surface area contributed by atoms with E-state index in [1.54, 1.807) is 0 Å². The van der Waals surface area contributed by atoms with Gasteiger partial charge >= 0.3 is 0 Å². The lowest BCUT2D eigenvalue weighted by Gasteiger charge is -2.01. The first kappa shape index (κ1) is 8.19. The molecule has 1 unspecified atom stereocenters. The molecule has 1 rings (SSSR count). The van der Waals surface area contributed by atoms with E-state index in [0.29, 0.717) is 0 Å². The fourth-order valence-corrected chi connectivity index (χ4v) is 1.01. The van der Waals surface area contributed by atoms with Crippen LogP contribution in [0.4, 0.5) is 0 Å². The zero-order valence-corrected chi connectivity index (χ0v) is 7.00. The minimum absolute atomic E-state index is 0.132. The Kier molecular flexibility index (Phi) is 1.95. The van der Waals surface area contributed by atoms with Gasteiger partial charge in [-0.2, -0.15) is 0 Å². The summed E-state index contributed by atoms with van der Waals surface area (Å²) >= 11 is 0. The maximum Gasteiger partial charge on any atom is 0.234 e. The zero-order valence-electron chi connectivity index (χ0n) is 6.18. The largest absolute Gasteiger partial charge is 0.427 e. The summed E-state index contributed by atoms with van der Waals surface area (Å²) in [5, 5.41) is 6.14. The molecule has 1 atom stereocenters. The number of aromatic nitrogens is 2. The molecule has 1 aromatic rings. The van der Waals surface area contributed by atoms with Gasteiger partial charge in [0, 0.05) is 6.26 Å². The molecule has 0 aromatic carbocycles. The molecule has 0 aliphatic carbocycles. The number of sulfone groups is 1. The second-order valence-corrected chi connectivity index (χ2v) is 4.61. The van der Waals surface area contributed by atoms with Crippen molar-refractivity contribution in [1.82, 2.24) is 10.2 Å². The molecule has 0 spiro atoms. The molecule has 1 aromatic heterocycles. The summed E-state index contributed by atoms with van der Waals surface area (Å²) in [4.78, 5) is 0. The van der Waals surface area contributed by atoms with Crippen LogP contribution in [0.25, 0.3) is 0 Å². The molecular weight excluding hydrogens is 168 g/mol. The van der Waals surface area contributed by atoms with Crippen molar-refractivity contribution >= 4 is 9.84 Å². The van der Waals surface area contributed by atoms with Gasteiger partial charge < -0.3 is 4.42 Å². The molecule has 0 aliphatic heterocycles. The van der Waals surface area contributed by atoms with Crippen LogP contribution >= 0.6 is 0 Å². The van der Waals surface area contributed by atoms with Gasteiger partial charge in [-0.15, -0.1) is 10.2 Å². The quantitative estimate of drug-likeness (QED) is 0.642. The lowest BCUT2D eigenvalue weighted by molar-refractivity contribution is 0.485. The molecule has 0 radical (unpaired) electrons. The van der Waals surface area contributed by atoms with E-state index in [2.05, 4.69) is 10.2 Å². The summed E-state index contributed by atoms with van der Waals surface area (Å²) in [5.41, 5.74) is 0. The van der Waals surface area contributed by atoms with Gasteiger partial charge in [-0.1, -0.05) is 0 Å². The Morgan fingerprint density at radius 2 is 2.27 bits per heavy atom. The van der Waals surface area contributed by atoms with Gasteiger partial charge in [-0.25, -0.2) is 8.42 Å². The normalized spacial score (nSPS) is 14.7. The fraction of sp³-hybridized carbons (Fsp3) is 0.600. The van der Waals surface area contributed by atoms with Crippen molar-refractivity contribution in [3.05, 3.63) is 12.3 Å². The van der Waals surface area contributed by atoms with Crippen LogP contribution in [0, 0.1) is 0 Å². The van der Waals surface area contributed by atoms with Crippen LogP contribution in [-0.2, 0) is 9.84 Å². The Labute approximate surface area is 64.4 Å². The molecule has 6 heteroatoms. The maximum absolute atomic E-state index is 10.9. The Hall–Kier alpha value is -0.910. The lowest BCUT2D eigenvalue weighted by atomic mass is 10.5. The number of rotatable bonds is 2. The third-order valence-corrected chi connectivity index (χ3v) is 2.85. The van der Waals surface area contributed by atoms with E-state index in [9.17, 15) is 8.42 Å². The molecule has 0 fully saturated rings. The van der Waals surface area contributed by atoms with Crippen LogP contribution in [0.15, 0.2) is 10.8 Å². The van der Waals surface area contributed by atoms with Crippen LogP contribution in [0.5, 0.6) is 0 Å². The van der Waals surface area contributed by atoms with Crippen molar-refractivity contribution in [3.8, 4) is 0 Å². The topological polar surface area (TPSA) is 73.1 Å². The SMILES string of the molecule is CC(c1nnco1)S(C)(=O)=O. The third kappa shape index (κ3) is 1.76. The Morgan fingerprint density at radius 3 is 2.64 bits per heavy atom. The van der Waals surface area contributed by atoms with Crippen LogP contribution in [0.3, 0.4) is 0 Å². The van der Waals surface area contributed by atoms with Gasteiger partial charge in [0.25, 0.3) is 0 Å². The smallest absolute Gasteiger partial charge is 0.234 e. The van der Waals surface area contributed by atoms with E-state index < -0.39 is 15.1 Å². The monoisotopic (exact) mass is 176 g/mol. The third-order valence-electron chi connectivity index (χ3n) is 1.37. The molecule has 0 amide bonds. The summed E-state index contributed by atoms with van der Waals surface area (Å²) in [6.45, 7) is 1.50. The number of hydrogen-bond acceptors (Lipinski definition) is 5. The average Bonchev–Trinajstić information content (AvgIpc) is 2.34. The van der Waals surface area contributed by atoms with Crippen molar-refractivity contribution in [3.63, 3.8) is 0 Å². The standard InChI is InChI=1S/C5H8N2O3S/c1-4(11(2,8)9)5-7-6-3-10-5/h3-4H,1-2H3. The van der Waals surface area contributed by atoms with Crippen molar-refractivity contribution in [2.75, 3.05) is 6.26 Å². The molecule has 0 N–H and O–H groups in total. The summed E-state index contributed by atoms with van der Waals surface area (Å²) < 4.78 is 26.5. The number of nitrogens with zero attached hydrogens (tertiary/aromatic N) is 2. The molecule has 0 saturated heterocycles. The summed E-state index contributed by atoms with van der Waals surface area (Å²) in [6.07, 6.45) is 2.24. The molecule has 0 bridgehead atoms. The summed E-state index contributed by atoms with van der Waals surface area (Å²) in [6, 6.07) is 0. The van der Waals surface area contributed by atoms with Gasteiger partial charge in [-0.3, -0.25) is 0 Å². The van der Waals surface area contributed by atoms with Crippen LogP contribution in [0.1, 0.15) is 18.1 Å². The molecule has 0 saturated carbocycles. The zero-order chi connectivity index (χ0) is 8.48. The second kappa shape index (κ2) is 2.61. The van der Waals surface area contributed by atoms with Gasteiger partial charge in [0.1, 0.15) is 5.25 Å². The van der Waals surface area contributed by atoms with Crippen molar-refractivity contribution in [1.29, 1.82) is 0 Å². The van der Waals surface area contributed by atoms with Gasteiger partial charge in [-0.05, 0) is 6.92 Å². The molecule has 62 valence electrons. The predicted octanol–water partition coefficient (Wildman–Crippen LogP) is 0.175. The van der Waals surface area contributed by atoms with Crippen LogP contribution in [0.2, 0.25) is 0 Å². The highest BCUT2D eigenvalue weighted by molar-refractivity contribution is 7.90. The molecule has 0 aliphatic rings. The van der Waals surface area contributed by atoms with Gasteiger partial charge in [0.2, 0.25) is 12.3 Å². The lowest BCUT2D eigenvalue weighted by Crippen LogP contribution is -2.07. The van der Waals surface area contributed by atoms with E-state index in [4.69, 9.17) is 4.42 Å². The van der Waals surface area contributed by atoms with Gasteiger partial charge in [0.15, 0.2) is 9.84 Å². The average molecular weight is 176 g/mol. The first-order valence-corrected chi connectivity index (χ1v) is 4.92. The molecular formula is C5H8N2O3S. The van der Waals surface area contributed by atoms with E-state index >= 15 is 0 Å². The first-order chi connectivity index (χ1) is 5.02. The fourth-order valence-electron chi connectivity index (χ4n) is 0.542. The second-order valence-electron chi connectivity index (χ2n) is 2.25. The van der Waals surface area contributed by atoms with E-state index in [-0.39, 0.29) is 5.89 Å². The minimum Gasteiger partial charge on any atom is -0.427 e. The van der Waals surface area contributed by atoms with Gasteiger partial charge in [0.05, 0.1) is 0 Å². The van der Waals surface area contributed by atoms with Crippen molar-refractivity contribution in [2.45, 2.75) is 12.2 Å². The van der Waals surface area contributed by atoms with E-state index in [0.717, 1.165) is 12.6 Å². The van der Waals surface area contributed by atoms with E-state index in [1.807, 2.05) is 0 Å². The Morgan fingerprint density at radius 1 is 1.64 bits per heavy atom. The predicted molar refractivity (Wildman–Crippen MR) is 37.6 cm³/mol. The molecule has 1 heterocycles. The highest BCUT2D eigenvalue weighted by Crippen LogP contribution is 2.16. The summed E-state index contributed by atoms with van der Waals surface area (Å²) in [7, 11) is -3.12. The highest BCUT2D eigenvalue weighted by Gasteiger charge is 2.21. The summed E-state index contributed by atoms with van der Waals surface area (Å²) in [5.74, 6) is 0.132. The first-order valence-electron chi connectivity index (χ1n) is 2.96. The Bertz CT molecular complexity index is 316. The van der Waals surface area contributed by atoms with E-state index in [1.165, 1.54) is 6.92 Å². The number of hydrogen-bond donors (Lipinski definition) is 0. The highest BCUT2D eigenvalue weighted by atomic mass is 32.2. The maximum atomic E-state index is 10.9. The molecule has 5 nitrogen and oxygen atoms in total. The van der Waals surface area contributed by atoms with Crippen molar-refractivity contribution in [2.24, 2.45) is 0 Å². The van der Waals surface area contributed by atoms with Crippen LogP contribution < -0.4 is 0 Å².